The van der Waals surface area contributed by atoms with Gasteiger partial charge in [0, 0.05) is 62.5 Å². The van der Waals surface area contributed by atoms with Crippen LogP contribution in [0.25, 0.3) is 10.4 Å². The quantitative estimate of drug-likeness (QED) is 0.00690. The van der Waals surface area contributed by atoms with E-state index in [-0.39, 0.29) is 90.5 Å². The van der Waals surface area contributed by atoms with E-state index in [9.17, 15) is 62.3 Å². The highest BCUT2D eigenvalue weighted by Crippen LogP contribution is 2.22. The highest BCUT2D eigenvalue weighted by molar-refractivity contribution is 5.92. The van der Waals surface area contributed by atoms with E-state index in [1.807, 2.05) is 0 Å². The Bertz CT molecular complexity index is 2910. The van der Waals surface area contributed by atoms with Gasteiger partial charge in [0.1, 0.15) is 64.1 Å². The zero-order valence-electron chi connectivity index (χ0n) is 64.6. The van der Waals surface area contributed by atoms with Crippen LogP contribution >= 0.6 is 0 Å². The molecule has 0 spiro atoms. The third kappa shape index (κ3) is 47.6. The van der Waals surface area contributed by atoms with Gasteiger partial charge in [-0.05, 0) is 206 Å². The van der Waals surface area contributed by atoms with E-state index in [1.165, 1.54) is 9.80 Å². The molecule has 582 valence electrons. The van der Waals surface area contributed by atoms with Gasteiger partial charge in [-0.2, -0.15) is 0 Å². The zero-order valence-corrected chi connectivity index (χ0v) is 64.6. The summed E-state index contributed by atoms with van der Waals surface area (Å²) in [5.41, 5.74) is 4.33. The highest BCUT2D eigenvalue weighted by Gasteiger charge is 2.37. The van der Waals surface area contributed by atoms with E-state index in [0.29, 0.717) is 68.8 Å². The van der Waals surface area contributed by atoms with Gasteiger partial charge >= 0.3 is 35.8 Å². The second-order valence-electron chi connectivity index (χ2n) is 31.4. The fourth-order valence-corrected chi connectivity index (χ4v) is 10.0. The maximum atomic E-state index is 14.1. The number of unbranched alkanes of at least 4 members (excludes halogenated alkanes) is 6. The maximum absolute atomic E-state index is 14.1. The molecule has 0 radical (unpaired) electrons. The molecule has 4 atom stereocenters. The predicted molar refractivity (Wildman–Crippen MR) is 385 cm³/mol. The van der Waals surface area contributed by atoms with Crippen molar-refractivity contribution in [2.24, 2.45) is 5.11 Å². The Morgan fingerprint density at radius 1 is 0.427 bits per heavy atom. The second kappa shape index (κ2) is 45.8. The van der Waals surface area contributed by atoms with Crippen LogP contribution in [0.3, 0.4) is 0 Å². The van der Waals surface area contributed by atoms with E-state index in [4.69, 9.17) is 34.0 Å². The van der Waals surface area contributed by atoms with Crippen LogP contribution in [0.15, 0.2) is 29.4 Å². The van der Waals surface area contributed by atoms with Crippen molar-refractivity contribution in [2.45, 2.75) is 298 Å². The van der Waals surface area contributed by atoms with E-state index in [0.717, 1.165) is 0 Å². The van der Waals surface area contributed by atoms with E-state index in [2.05, 4.69) is 41.9 Å². The number of hydrogen-bond acceptors (Lipinski definition) is 22. The molecule has 1 aromatic rings. The van der Waals surface area contributed by atoms with Gasteiger partial charge in [-0.1, -0.05) is 42.2 Å². The summed E-state index contributed by atoms with van der Waals surface area (Å²) in [5.74, 6) is -7.21. The molecule has 0 saturated carbocycles. The minimum absolute atomic E-state index is 0.00198. The van der Waals surface area contributed by atoms with Gasteiger partial charge in [0.05, 0.1) is 32.6 Å². The number of nitrogens with zero attached hydrogens (tertiary/aromatic N) is 5. The van der Waals surface area contributed by atoms with Gasteiger partial charge in [-0.3, -0.25) is 72.1 Å². The lowest BCUT2D eigenvalue weighted by molar-refractivity contribution is -0.171. The summed E-state index contributed by atoms with van der Waals surface area (Å²) in [5, 5.41) is 20.1. The number of hydrogen-bond donors (Lipinski definition) is 6. The normalized spacial score (nSPS) is 13.1. The van der Waals surface area contributed by atoms with E-state index in [1.54, 1.807) is 149 Å². The number of esters is 6. The first-order chi connectivity index (χ1) is 47.7. The molecule has 0 aliphatic rings. The number of benzene rings is 1. The molecule has 0 heterocycles. The first-order valence-corrected chi connectivity index (χ1v) is 35.7. The van der Waals surface area contributed by atoms with Crippen LogP contribution in [-0.4, -0.2) is 197 Å². The van der Waals surface area contributed by atoms with Crippen molar-refractivity contribution < 1.29 is 90.8 Å². The number of amides is 6. The lowest BCUT2D eigenvalue weighted by atomic mass is 10.1. The third-order valence-electron chi connectivity index (χ3n) is 14.2. The number of azide groups is 1. The average Bonchev–Trinajstić information content (AvgIpc) is 0.852. The maximum Gasteiger partial charge on any atom is 0.323 e. The van der Waals surface area contributed by atoms with Crippen LogP contribution in [0.2, 0.25) is 0 Å². The standard InChI is InChI=1S/C73H121N11O19/c1-68(2,3)98-60(90)45-83(46-61(91)99-69(4,5)6)54(66(96)102-72(13,14)15)29-22-26-40-75-56(86)38-37-52(64(94)77-41-27-23-30-55(67(97)103-73(16,17)18)84(47-62(92)100-70(7,8)9)48-63(93)101-71(10,11)12)80-57(87)31-21-19-20-25-39-76-59(89)43-53(81-58(88)32-24-28-42-79-82-74)65(95)78-44-50-33-35-51(49-85)36-34-50/h33-36,49,52-55H,19-32,37-48H2,1-18H3,(H,75,86)(H,76,89)(H,77,94)(H,78,95)(H,80,87)(H,81,88). The smallest absolute Gasteiger partial charge is 0.323 e. The SMILES string of the molecule is CC(C)(C)OC(=O)CN(CC(=O)OC(C)(C)C)C(CCCCNC(=O)CCC(NC(=O)CCCCCCNC(=O)CC(NC(=O)CCCCN=[N+]=[N-])C(=O)NCc1ccc(C=O)cc1)C(=O)NCCCCC(C(=O)OC(C)(C)C)N(CC(=O)OC(C)(C)C)CC(=O)OC(C)(C)C)C(=O)OC(C)(C)C. The third-order valence-corrected chi connectivity index (χ3v) is 14.2. The van der Waals surface area contributed by atoms with Crippen molar-refractivity contribution in [3.8, 4) is 0 Å². The number of carbonyl (C=O) groups excluding carboxylic acids is 13. The number of rotatable bonds is 46. The summed E-state index contributed by atoms with van der Waals surface area (Å²) < 4.78 is 33.8. The molecule has 6 amide bonds. The molecule has 1 aromatic carbocycles. The molecule has 0 aliphatic heterocycles. The molecular formula is C73H121N11O19. The monoisotopic (exact) mass is 1460 g/mol. The van der Waals surface area contributed by atoms with Crippen LogP contribution in [0.1, 0.15) is 250 Å². The Balaban J connectivity index is 3.31. The van der Waals surface area contributed by atoms with Crippen molar-refractivity contribution in [1.29, 1.82) is 0 Å². The summed E-state index contributed by atoms with van der Waals surface area (Å²) in [6, 6.07) is 1.90. The fraction of sp³-hybridized carbons (Fsp3) is 0.740. The molecule has 0 bridgehead atoms. The summed E-state index contributed by atoms with van der Waals surface area (Å²) >= 11 is 0. The van der Waals surface area contributed by atoms with E-state index < -0.39 is 155 Å². The van der Waals surface area contributed by atoms with Crippen molar-refractivity contribution in [2.75, 3.05) is 52.4 Å². The van der Waals surface area contributed by atoms with Crippen LogP contribution in [0.5, 0.6) is 0 Å². The number of nitrogens with one attached hydrogen (secondary N) is 6. The lowest BCUT2D eigenvalue weighted by Gasteiger charge is -2.33. The molecule has 4 unspecified atom stereocenters. The fourth-order valence-electron chi connectivity index (χ4n) is 10.0. The Labute approximate surface area is 609 Å². The molecule has 0 aliphatic carbocycles. The molecule has 30 nitrogen and oxygen atoms in total. The molecular weight excluding hydrogens is 1330 g/mol. The number of carbonyl (C=O) groups is 13. The van der Waals surface area contributed by atoms with Gasteiger partial charge < -0.3 is 60.3 Å². The minimum atomic E-state index is -1.21. The Morgan fingerprint density at radius 3 is 1.20 bits per heavy atom. The molecule has 0 saturated heterocycles. The summed E-state index contributed by atoms with van der Waals surface area (Å²) in [6.45, 7) is 29.3. The second-order valence-corrected chi connectivity index (χ2v) is 31.4. The molecule has 0 aromatic heterocycles. The number of ether oxygens (including phenoxy) is 6. The summed E-state index contributed by atoms with van der Waals surface area (Å²) in [4.78, 5) is 178. The van der Waals surface area contributed by atoms with Crippen LogP contribution in [0, 0.1) is 0 Å². The average molecular weight is 1460 g/mol. The molecule has 6 N–H and O–H groups in total. The van der Waals surface area contributed by atoms with Crippen molar-refractivity contribution in [1.82, 2.24) is 41.7 Å². The first kappa shape index (κ1) is 92.8. The number of aldehydes is 1. The van der Waals surface area contributed by atoms with E-state index >= 15 is 0 Å². The highest BCUT2D eigenvalue weighted by atomic mass is 16.6. The van der Waals surface area contributed by atoms with Crippen LogP contribution in [0.4, 0.5) is 0 Å². The van der Waals surface area contributed by atoms with Gasteiger partial charge in [0.15, 0.2) is 0 Å². The lowest BCUT2D eigenvalue weighted by Crippen LogP contribution is -2.50. The van der Waals surface area contributed by atoms with Gasteiger partial charge in [-0.25, -0.2) is 0 Å². The Kier molecular flexibility index (Phi) is 41.2. The first-order valence-electron chi connectivity index (χ1n) is 35.7. The van der Waals surface area contributed by atoms with Crippen molar-refractivity contribution in [3.63, 3.8) is 0 Å². The minimum Gasteiger partial charge on any atom is -0.459 e. The van der Waals surface area contributed by atoms with Gasteiger partial charge in [-0.15, -0.1) is 0 Å². The summed E-state index contributed by atoms with van der Waals surface area (Å²) in [7, 11) is 0. The van der Waals surface area contributed by atoms with Crippen LogP contribution in [-0.2, 0) is 92.5 Å². The van der Waals surface area contributed by atoms with Gasteiger partial charge in [0.25, 0.3) is 0 Å². The topological polar surface area (TPSA) is 405 Å². The summed E-state index contributed by atoms with van der Waals surface area (Å²) in [6.07, 6.45) is 4.24. The largest absolute Gasteiger partial charge is 0.459 e. The Morgan fingerprint density at radius 2 is 0.796 bits per heavy atom. The molecule has 103 heavy (non-hydrogen) atoms. The van der Waals surface area contributed by atoms with Crippen LogP contribution < -0.4 is 31.9 Å². The zero-order chi connectivity index (χ0) is 78.4. The molecule has 1 rings (SSSR count). The molecule has 30 heteroatoms. The van der Waals surface area contributed by atoms with Gasteiger partial charge in [0.2, 0.25) is 35.4 Å². The Hall–Kier alpha value is -8.24. The predicted octanol–water partition coefficient (Wildman–Crippen LogP) is 7.77. The van der Waals surface area contributed by atoms with Crippen molar-refractivity contribution in [3.05, 3.63) is 45.8 Å². The molecule has 0 fully saturated rings. The van der Waals surface area contributed by atoms with Crippen molar-refractivity contribution >= 4 is 77.5 Å².